The first-order chi connectivity index (χ1) is 16.3. The molecule has 180 valence electrons. The summed E-state index contributed by atoms with van der Waals surface area (Å²) in [5.74, 6) is 1.87. The first kappa shape index (κ1) is 23.5. The van der Waals surface area contributed by atoms with Gasteiger partial charge in [0.2, 0.25) is 0 Å². The van der Waals surface area contributed by atoms with Crippen molar-refractivity contribution in [2.45, 2.75) is 70.8 Å². The van der Waals surface area contributed by atoms with E-state index in [0.29, 0.717) is 17.8 Å². The third-order valence-corrected chi connectivity index (χ3v) is 9.30. The highest BCUT2D eigenvalue weighted by atomic mass is 16.3. The third kappa shape index (κ3) is 3.87. The van der Waals surface area contributed by atoms with Gasteiger partial charge in [0, 0.05) is 18.9 Å². The number of carbonyl (C=O) groups is 1. The predicted molar refractivity (Wildman–Crippen MR) is 137 cm³/mol. The van der Waals surface area contributed by atoms with Gasteiger partial charge in [-0.1, -0.05) is 61.1 Å². The van der Waals surface area contributed by atoms with Gasteiger partial charge < -0.3 is 10.2 Å². The molecule has 0 saturated heterocycles. The Morgan fingerprint density at radius 2 is 1.97 bits per heavy atom. The molecular formula is C31H38O3. The summed E-state index contributed by atoms with van der Waals surface area (Å²) in [6.45, 7) is 8.82. The van der Waals surface area contributed by atoms with Gasteiger partial charge in [-0.25, -0.2) is 0 Å². The fourth-order valence-electron chi connectivity index (χ4n) is 7.71. The van der Waals surface area contributed by atoms with Crippen LogP contribution in [0.15, 0.2) is 65.8 Å². The molecule has 2 fully saturated rings. The molecule has 3 nitrogen and oxygen atoms in total. The zero-order valence-corrected chi connectivity index (χ0v) is 20.6. The van der Waals surface area contributed by atoms with Gasteiger partial charge in [-0.2, -0.15) is 0 Å². The molecule has 0 heterocycles. The predicted octanol–water partition coefficient (Wildman–Crippen LogP) is 6.14. The van der Waals surface area contributed by atoms with Crippen molar-refractivity contribution in [1.82, 2.24) is 0 Å². The van der Waals surface area contributed by atoms with Crippen LogP contribution < -0.4 is 0 Å². The molecule has 0 spiro atoms. The fourth-order valence-corrected chi connectivity index (χ4v) is 7.71. The Labute approximate surface area is 204 Å². The summed E-state index contributed by atoms with van der Waals surface area (Å²) in [6.07, 6.45) is 12.0. The van der Waals surface area contributed by atoms with Gasteiger partial charge in [-0.3, -0.25) is 4.79 Å². The average molecular weight is 459 g/mol. The highest BCUT2D eigenvalue weighted by Crippen LogP contribution is 2.65. The minimum atomic E-state index is -0.673. The van der Waals surface area contributed by atoms with Gasteiger partial charge in [0.1, 0.15) is 0 Å². The number of benzene rings is 1. The molecule has 3 heteroatoms. The monoisotopic (exact) mass is 458 g/mol. The number of hydrogen-bond donors (Lipinski definition) is 2. The van der Waals surface area contributed by atoms with Crippen LogP contribution in [0, 0.1) is 23.2 Å². The van der Waals surface area contributed by atoms with Gasteiger partial charge in [0.15, 0.2) is 5.78 Å². The van der Waals surface area contributed by atoms with E-state index in [4.69, 9.17) is 0 Å². The lowest BCUT2D eigenvalue weighted by atomic mass is 9.52. The minimum Gasteiger partial charge on any atom is -0.396 e. The van der Waals surface area contributed by atoms with Crippen LogP contribution in [0.2, 0.25) is 0 Å². The maximum Gasteiger partial charge on any atom is 0.158 e. The van der Waals surface area contributed by atoms with Crippen molar-refractivity contribution in [2.24, 2.45) is 23.2 Å². The third-order valence-electron chi connectivity index (χ3n) is 9.30. The van der Waals surface area contributed by atoms with Gasteiger partial charge in [-0.05, 0) is 97.0 Å². The van der Waals surface area contributed by atoms with E-state index >= 15 is 0 Å². The summed E-state index contributed by atoms with van der Waals surface area (Å²) < 4.78 is 0. The van der Waals surface area contributed by atoms with Crippen LogP contribution in [-0.2, 0) is 4.79 Å². The fraction of sp³-hybridized carbons (Fsp3) is 0.516. The van der Waals surface area contributed by atoms with Crippen molar-refractivity contribution in [3.05, 3.63) is 76.9 Å². The summed E-state index contributed by atoms with van der Waals surface area (Å²) in [5.41, 5.74) is 7.32. The van der Waals surface area contributed by atoms with Crippen LogP contribution in [0.3, 0.4) is 0 Å². The lowest BCUT2D eigenvalue weighted by molar-refractivity contribution is -0.116. The molecule has 0 bridgehead atoms. The molecule has 6 atom stereocenters. The van der Waals surface area contributed by atoms with E-state index in [2.05, 4.69) is 49.9 Å². The number of allylic oxidation sites excluding steroid dienone is 4. The summed E-state index contributed by atoms with van der Waals surface area (Å²) in [4.78, 5) is 12.3. The normalized spacial score (nSPS) is 35.1. The quantitative estimate of drug-likeness (QED) is 0.521. The topological polar surface area (TPSA) is 57.5 Å². The Balaban J connectivity index is 1.63. The van der Waals surface area contributed by atoms with Crippen LogP contribution in [0.25, 0.3) is 5.57 Å². The molecule has 5 rings (SSSR count). The Kier molecular flexibility index (Phi) is 6.29. The second-order valence-corrected chi connectivity index (χ2v) is 11.3. The van der Waals surface area contributed by atoms with Crippen molar-refractivity contribution in [2.75, 3.05) is 6.61 Å². The molecule has 2 saturated carbocycles. The first-order valence-electron chi connectivity index (χ1n) is 13.0. The standard InChI is InChI=1S/C31H38O3/c1-19(2)20-7-9-21(10-8-20)26-18-31(3)23(6-4-5-15-32)12-14-27(31)25-13-11-22-16-24(33)17-28(34)29(22)30(25)26/h4,6-10,16,23,25-28,32,34H,1,5,11-15,17-18H2,2-3H3/b6-4-/t23?,25-,26+,27-,28+,31+/m0/s1. The van der Waals surface area contributed by atoms with Crippen LogP contribution in [0.1, 0.15) is 75.8 Å². The van der Waals surface area contributed by atoms with Crippen LogP contribution >= 0.6 is 0 Å². The zero-order chi connectivity index (χ0) is 24.0. The molecule has 1 aromatic carbocycles. The summed E-state index contributed by atoms with van der Waals surface area (Å²) in [6, 6.07) is 8.87. The van der Waals surface area contributed by atoms with Crippen molar-refractivity contribution >= 4 is 11.4 Å². The molecule has 0 radical (unpaired) electrons. The molecule has 1 aromatic rings. The molecule has 0 amide bonds. The highest BCUT2D eigenvalue weighted by Gasteiger charge is 2.56. The molecule has 2 N–H and O–H groups in total. The van der Waals surface area contributed by atoms with Crippen molar-refractivity contribution in [1.29, 1.82) is 0 Å². The maximum atomic E-state index is 12.3. The van der Waals surface area contributed by atoms with Crippen LogP contribution in [-0.4, -0.2) is 28.7 Å². The van der Waals surface area contributed by atoms with E-state index in [1.807, 2.05) is 13.0 Å². The zero-order valence-electron chi connectivity index (χ0n) is 20.6. The summed E-state index contributed by atoms with van der Waals surface area (Å²) in [5, 5.41) is 20.4. The summed E-state index contributed by atoms with van der Waals surface area (Å²) >= 11 is 0. The van der Waals surface area contributed by atoms with Gasteiger partial charge >= 0.3 is 0 Å². The number of rotatable bonds is 5. The smallest absolute Gasteiger partial charge is 0.158 e. The van der Waals surface area contributed by atoms with E-state index in [1.165, 1.54) is 24.0 Å². The van der Waals surface area contributed by atoms with E-state index in [-0.39, 0.29) is 30.1 Å². The number of ketones is 1. The Bertz CT molecular complexity index is 1070. The average Bonchev–Trinajstić information content (AvgIpc) is 3.14. The molecule has 0 aliphatic heterocycles. The molecule has 0 aromatic heterocycles. The molecule has 4 aliphatic carbocycles. The van der Waals surface area contributed by atoms with Crippen LogP contribution in [0.4, 0.5) is 0 Å². The number of carbonyl (C=O) groups excluding carboxylic acids is 1. The first-order valence-corrected chi connectivity index (χ1v) is 13.0. The van der Waals surface area contributed by atoms with Gasteiger partial charge in [-0.15, -0.1) is 0 Å². The number of hydrogen-bond acceptors (Lipinski definition) is 3. The van der Waals surface area contributed by atoms with Crippen molar-refractivity contribution in [3.63, 3.8) is 0 Å². The molecule has 4 aliphatic rings. The van der Waals surface area contributed by atoms with Gasteiger partial charge in [0.25, 0.3) is 0 Å². The maximum absolute atomic E-state index is 12.3. The Morgan fingerprint density at radius 3 is 2.68 bits per heavy atom. The highest BCUT2D eigenvalue weighted by molar-refractivity contribution is 5.94. The molecule has 1 unspecified atom stereocenters. The minimum absolute atomic E-state index is 0.0586. The van der Waals surface area contributed by atoms with Crippen molar-refractivity contribution < 1.29 is 15.0 Å². The Hall–Kier alpha value is -2.23. The lowest BCUT2D eigenvalue weighted by Gasteiger charge is -2.53. The number of aliphatic hydroxyl groups excluding tert-OH is 2. The lowest BCUT2D eigenvalue weighted by Crippen LogP contribution is -2.44. The largest absolute Gasteiger partial charge is 0.396 e. The number of fused-ring (bicyclic) bond motifs is 4. The summed E-state index contributed by atoms with van der Waals surface area (Å²) in [7, 11) is 0. The van der Waals surface area contributed by atoms with Crippen LogP contribution in [0.5, 0.6) is 0 Å². The van der Waals surface area contributed by atoms with Crippen molar-refractivity contribution in [3.8, 4) is 0 Å². The second kappa shape index (κ2) is 9.09. The molecular weight excluding hydrogens is 420 g/mol. The van der Waals surface area contributed by atoms with E-state index in [1.54, 1.807) is 0 Å². The number of aliphatic hydroxyl groups is 2. The van der Waals surface area contributed by atoms with Gasteiger partial charge in [0.05, 0.1) is 6.10 Å². The molecule has 34 heavy (non-hydrogen) atoms. The van der Waals surface area contributed by atoms with E-state index < -0.39 is 6.10 Å². The second-order valence-electron chi connectivity index (χ2n) is 11.3. The van der Waals surface area contributed by atoms with E-state index in [9.17, 15) is 15.0 Å². The Morgan fingerprint density at radius 1 is 1.21 bits per heavy atom. The SMILES string of the molecule is C=C(C)c1ccc([C@H]2C[C@]3(C)C(/C=C\CCO)CC[C@H]3[C@@H]3CCC4=CC(=O)C[C@@H](O)C4=C32)cc1. The van der Waals surface area contributed by atoms with E-state index in [0.717, 1.165) is 48.0 Å².